The lowest BCUT2D eigenvalue weighted by Gasteiger charge is -2.37. The van der Waals surface area contributed by atoms with Gasteiger partial charge in [0.2, 0.25) is 0 Å². The van der Waals surface area contributed by atoms with Gasteiger partial charge in [0.05, 0.1) is 4.92 Å². The van der Waals surface area contributed by atoms with E-state index in [1.54, 1.807) is 12.1 Å². The maximum Gasteiger partial charge on any atom is 0.271 e. The highest BCUT2D eigenvalue weighted by molar-refractivity contribution is 5.60. The van der Waals surface area contributed by atoms with E-state index in [2.05, 4.69) is 19.2 Å². The molecule has 4 nitrogen and oxygen atoms in total. The summed E-state index contributed by atoms with van der Waals surface area (Å²) in [5.41, 5.74) is 2.36. The van der Waals surface area contributed by atoms with E-state index in [-0.39, 0.29) is 16.1 Å². The van der Waals surface area contributed by atoms with Gasteiger partial charge in [0, 0.05) is 23.4 Å². The summed E-state index contributed by atoms with van der Waals surface area (Å²) in [5.74, 6) is 0. The topological polar surface area (TPSA) is 55.2 Å². The van der Waals surface area contributed by atoms with Crippen molar-refractivity contribution in [3.63, 3.8) is 0 Å². The van der Waals surface area contributed by atoms with E-state index >= 15 is 0 Å². The maximum atomic E-state index is 10.8. The predicted octanol–water partition coefficient (Wildman–Crippen LogP) is 3.51. The highest BCUT2D eigenvalue weighted by Crippen LogP contribution is 2.35. The van der Waals surface area contributed by atoms with Crippen molar-refractivity contribution in [1.29, 1.82) is 0 Å². The molecule has 17 heavy (non-hydrogen) atoms. The molecule has 1 unspecified atom stereocenters. The van der Waals surface area contributed by atoms with Crippen LogP contribution < -0.4 is 5.32 Å². The molecule has 92 valence electrons. The van der Waals surface area contributed by atoms with E-state index in [9.17, 15) is 10.1 Å². The summed E-state index contributed by atoms with van der Waals surface area (Å²) in [5, 5.41) is 14.2. The average molecular weight is 234 g/mol. The number of hydrogen-bond donors (Lipinski definition) is 1. The van der Waals surface area contributed by atoms with E-state index in [1.807, 2.05) is 6.07 Å². The van der Waals surface area contributed by atoms with Gasteiger partial charge in [-0.2, -0.15) is 0 Å². The number of anilines is 1. The van der Waals surface area contributed by atoms with E-state index in [0.717, 1.165) is 31.4 Å². The fraction of sp³-hybridized carbons (Fsp3) is 0.538. The second kappa shape index (κ2) is 4.35. The molecule has 0 aliphatic carbocycles. The SMILES string of the molecule is CCCC1(C)CCc2ccc([N+](=O)[O-])cc2N1. The smallest absolute Gasteiger partial charge is 0.271 e. The van der Waals surface area contributed by atoms with Crippen molar-refractivity contribution in [2.24, 2.45) is 0 Å². The molecule has 4 heteroatoms. The molecule has 1 heterocycles. The van der Waals surface area contributed by atoms with Crippen LogP contribution in [0.25, 0.3) is 0 Å². The zero-order valence-electron chi connectivity index (χ0n) is 10.3. The maximum absolute atomic E-state index is 10.8. The van der Waals surface area contributed by atoms with Crippen LogP contribution in [0.5, 0.6) is 0 Å². The summed E-state index contributed by atoms with van der Waals surface area (Å²) >= 11 is 0. The van der Waals surface area contributed by atoms with Crippen molar-refractivity contribution >= 4 is 11.4 Å². The summed E-state index contributed by atoms with van der Waals surface area (Å²) in [7, 11) is 0. The van der Waals surface area contributed by atoms with Crippen LogP contribution in [0.4, 0.5) is 11.4 Å². The van der Waals surface area contributed by atoms with Gasteiger partial charge >= 0.3 is 0 Å². The van der Waals surface area contributed by atoms with E-state index in [1.165, 1.54) is 5.56 Å². The fourth-order valence-electron chi connectivity index (χ4n) is 2.55. The van der Waals surface area contributed by atoms with Crippen molar-refractivity contribution in [2.75, 3.05) is 5.32 Å². The standard InChI is InChI=1S/C13H18N2O2/c1-3-7-13(2)8-6-10-4-5-11(15(16)17)9-12(10)14-13/h4-5,9,14H,3,6-8H2,1-2H3. The number of nitrogens with one attached hydrogen (secondary N) is 1. The first kappa shape index (κ1) is 11.9. The molecule has 1 aliphatic heterocycles. The van der Waals surface area contributed by atoms with Crippen LogP contribution in [0, 0.1) is 10.1 Å². The van der Waals surface area contributed by atoms with Gasteiger partial charge in [-0.25, -0.2) is 0 Å². The van der Waals surface area contributed by atoms with Crippen LogP contribution >= 0.6 is 0 Å². The number of nitro groups is 1. The molecule has 0 fully saturated rings. The predicted molar refractivity (Wildman–Crippen MR) is 68.4 cm³/mol. The minimum atomic E-state index is -0.340. The van der Waals surface area contributed by atoms with Gasteiger partial charge < -0.3 is 5.32 Å². The summed E-state index contributed by atoms with van der Waals surface area (Å²) in [6.07, 6.45) is 4.30. The van der Waals surface area contributed by atoms with Crippen LogP contribution in [0.1, 0.15) is 38.7 Å². The molecule has 2 rings (SSSR count). The second-order valence-electron chi connectivity index (χ2n) is 5.03. The highest BCUT2D eigenvalue weighted by atomic mass is 16.6. The Morgan fingerprint density at radius 1 is 1.53 bits per heavy atom. The average Bonchev–Trinajstić information content (AvgIpc) is 2.27. The van der Waals surface area contributed by atoms with Crippen LogP contribution in [-0.4, -0.2) is 10.5 Å². The largest absolute Gasteiger partial charge is 0.379 e. The highest BCUT2D eigenvalue weighted by Gasteiger charge is 2.28. The van der Waals surface area contributed by atoms with Crippen molar-refractivity contribution in [2.45, 2.75) is 45.1 Å². The zero-order valence-corrected chi connectivity index (χ0v) is 10.3. The molecule has 1 aromatic rings. The molecule has 0 saturated heterocycles. The number of hydrogen-bond acceptors (Lipinski definition) is 3. The van der Waals surface area contributed by atoms with Gasteiger partial charge in [0.15, 0.2) is 0 Å². The summed E-state index contributed by atoms with van der Waals surface area (Å²) in [4.78, 5) is 10.4. The minimum absolute atomic E-state index is 0.0803. The Hall–Kier alpha value is -1.58. The molecular weight excluding hydrogens is 216 g/mol. The van der Waals surface area contributed by atoms with Gasteiger partial charge in [-0.1, -0.05) is 19.4 Å². The van der Waals surface area contributed by atoms with Crippen molar-refractivity contribution in [1.82, 2.24) is 0 Å². The van der Waals surface area contributed by atoms with Crippen LogP contribution in [0.3, 0.4) is 0 Å². The number of benzene rings is 1. The number of non-ortho nitro benzene ring substituents is 1. The number of rotatable bonds is 3. The third kappa shape index (κ3) is 2.40. The van der Waals surface area contributed by atoms with Crippen molar-refractivity contribution in [3.8, 4) is 0 Å². The summed E-state index contributed by atoms with van der Waals surface area (Å²) in [6.45, 7) is 4.36. The van der Waals surface area contributed by atoms with Crippen LogP contribution in [0.15, 0.2) is 18.2 Å². The van der Waals surface area contributed by atoms with E-state index in [0.29, 0.717) is 0 Å². The van der Waals surface area contributed by atoms with Gasteiger partial charge in [-0.15, -0.1) is 0 Å². The molecule has 0 bridgehead atoms. The first-order chi connectivity index (χ1) is 8.04. The van der Waals surface area contributed by atoms with Crippen molar-refractivity contribution < 1.29 is 4.92 Å². The van der Waals surface area contributed by atoms with Crippen molar-refractivity contribution in [3.05, 3.63) is 33.9 Å². The van der Waals surface area contributed by atoms with Crippen LogP contribution in [-0.2, 0) is 6.42 Å². The van der Waals surface area contributed by atoms with Gasteiger partial charge in [-0.05, 0) is 31.7 Å². The summed E-state index contributed by atoms with van der Waals surface area (Å²) < 4.78 is 0. The molecule has 1 N–H and O–H groups in total. The van der Waals surface area contributed by atoms with Gasteiger partial charge in [0.25, 0.3) is 5.69 Å². The first-order valence-corrected chi connectivity index (χ1v) is 6.09. The van der Waals surface area contributed by atoms with Gasteiger partial charge in [0.1, 0.15) is 0 Å². The molecule has 1 aromatic carbocycles. The Bertz CT molecular complexity index is 445. The Labute approximate surface area is 101 Å². The molecule has 1 aliphatic rings. The third-order valence-electron chi connectivity index (χ3n) is 3.49. The first-order valence-electron chi connectivity index (χ1n) is 6.09. The molecule has 0 aromatic heterocycles. The second-order valence-corrected chi connectivity index (χ2v) is 5.03. The Kier molecular flexibility index (Phi) is 3.05. The minimum Gasteiger partial charge on any atom is -0.379 e. The van der Waals surface area contributed by atoms with E-state index < -0.39 is 0 Å². The number of nitro benzene ring substituents is 1. The zero-order chi connectivity index (χ0) is 12.5. The van der Waals surface area contributed by atoms with Gasteiger partial charge in [-0.3, -0.25) is 10.1 Å². The fourth-order valence-corrected chi connectivity index (χ4v) is 2.55. The normalized spacial score (nSPS) is 22.7. The molecule has 1 atom stereocenters. The summed E-state index contributed by atoms with van der Waals surface area (Å²) in [6, 6.07) is 5.11. The Morgan fingerprint density at radius 3 is 2.94 bits per heavy atom. The molecule has 0 spiro atoms. The van der Waals surface area contributed by atoms with E-state index in [4.69, 9.17) is 0 Å². The lowest BCUT2D eigenvalue weighted by Crippen LogP contribution is -2.38. The third-order valence-corrected chi connectivity index (χ3v) is 3.49. The molecule has 0 amide bonds. The molecular formula is C13H18N2O2. The Balaban J connectivity index is 2.29. The lowest BCUT2D eigenvalue weighted by atomic mass is 9.84. The number of fused-ring (bicyclic) bond motifs is 1. The number of nitrogens with zero attached hydrogens (tertiary/aromatic N) is 1. The number of aryl methyl sites for hydroxylation is 1. The lowest BCUT2D eigenvalue weighted by molar-refractivity contribution is -0.384. The quantitative estimate of drug-likeness (QED) is 0.643. The monoisotopic (exact) mass is 234 g/mol. The van der Waals surface area contributed by atoms with Crippen LogP contribution in [0.2, 0.25) is 0 Å². The molecule has 0 radical (unpaired) electrons. The molecule has 0 saturated carbocycles. The Morgan fingerprint density at radius 2 is 2.29 bits per heavy atom.